The van der Waals surface area contributed by atoms with Gasteiger partial charge in [0.25, 0.3) is 0 Å². The third kappa shape index (κ3) is 2.33. The molecule has 0 saturated carbocycles. The lowest BCUT2D eigenvalue weighted by atomic mass is 10.2. The van der Waals surface area contributed by atoms with Crippen LogP contribution in [0.5, 0.6) is 5.75 Å². The summed E-state index contributed by atoms with van der Waals surface area (Å²) in [6, 6.07) is 5.62. The molecule has 1 aromatic carbocycles. The van der Waals surface area contributed by atoms with Crippen molar-refractivity contribution < 1.29 is 4.74 Å². The third-order valence-corrected chi connectivity index (χ3v) is 4.91. The van der Waals surface area contributed by atoms with E-state index >= 15 is 0 Å². The molecular formula is C10H13N3OS2. The fourth-order valence-corrected chi connectivity index (χ4v) is 3.46. The molecule has 1 aromatic rings. The quantitative estimate of drug-likeness (QED) is 0.495. The van der Waals surface area contributed by atoms with Crippen LogP contribution in [-0.4, -0.2) is 18.2 Å². The van der Waals surface area contributed by atoms with Crippen LogP contribution in [0.3, 0.4) is 0 Å². The van der Waals surface area contributed by atoms with E-state index in [1.165, 1.54) is 0 Å². The molecule has 0 aromatic heterocycles. The lowest BCUT2D eigenvalue weighted by Gasteiger charge is -2.22. The van der Waals surface area contributed by atoms with Gasteiger partial charge in [-0.15, -0.1) is 20.7 Å². The molecule has 4 nitrogen and oxygen atoms in total. The van der Waals surface area contributed by atoms with E-state index in [1.807, 2.05) is 18.2 Å². The van der Waals surface area contributed by atoms with Crippen molar-refractivity contribution >= 4 is 37.5 Å². The topological polar surface area (TPSA) is 60.0 Å². The number of hydrogen-bond donors (Lipinski definition) is 2. The zero-order valence-corrected chi connectivity index (χ0v) is 10.5. The Labute approximate surface area is 101 Å². The molecule has 6 heteroatoms. The second kappa shape index (κ2) is 4.39. The van der Waals surface area contributed by atoms with Crippen molar-refractivity contribution in [2.75, 3.05) is 12.8 Å². The van der Waals surface area contributed by atoms with Crippen molar-refractivity contribution in [3.8, 4) is 5.75 Å². The van der Waals surface area contributed by atoms with Crippen LogP contribution in [0.4, 0.5) is 5.69 Å². The van der Waals surface area contributed by atoms with Crippen LogP contribution >= 0.6 is 20.7 Å². The van der Waals surface area contributed by atoms with E-state index in [4.69, 9.17) is 10.5 Å². The number of nitrogens with two attached hydrogens (primary N) is 1. The largest absolute Gasteiger partial charge is 0.497 e. The van der Waals surface area contributed by atoms with Gasteiger partial charge in [-0.2, -0.15) is 10.2 Å². The lowest BCUT2D eigenvalue weighted by Crippen LogP contribution is -2.01. The van der Waals surface area contributed by atoms with Crippen LogP contribution in [0.2, 0.25) is 0 Å². The molecule has 0 saturated heterocycles. The highest BCUT2D eigenvalue weighted by Crippen LogP contribution is 2.53. The summed E-state index contributed by atoms with van der Waals surface area (Å²) in [5.41, 5.74) is 11.3. The summed E-state index contributed by atoms with van der Waals surface area (Å²) in [7, 11) is 0.307. The SMILES string of the molecule is COc1ccc(N)c(CS2(S)C=NN=C2)c1. The molecule has 0 radical (unpaired) electrons. The first-order chi connectivity index (χ1) is 7.63. The van der Waals surface area contributed by atoms with Gasteiger partial charge < -0.3 is 10.5 Å². The molecule has 1 aliphatic rings. The van der Waals surface area contributed by atoms with Gasteiger partial charge in [-0.05, 0) is 23.8 Å². The average molecular weight is 255 g/mol. The standard InChI is InChI=1S/C10H13N3OS2/c1-14-9-2-3-10(11)8(4-9)5-16(15)6-12-13-7-16/h2-4,6-7,15H,5,11H2,1H3. The van der Waals surface area contributed by atoms with Crippen molar-refractivity contribution in [2.45, 2.75) is 5.75 Å². The van der Waals surface area contributed by atoms with E-state index in [0.29, 0.717) is 0 Å². The maximum absolute atomic E-state index is 5.92. The highest BCUT2D eigenvalue weighted by molar-refractivity contribution is 8.98. The Morgan fingerprint density at radius 3 is 2.69 bits per heavy atom. The lowest BCUT2D eigenvalue weighted by molar-refractivity contribution is 0.414. The minimum Gasteiger partial charge on any atom is -0.497 e. The fraction of sp³-hybridized carbons (Fsp3) is 0.200. The molecule has 0 spiro atoms. The van der Waals surface area contributed by atoms with Crippen LogP contribution in [0.25, 0.3) is 0 Å². The second-order valence-electron chi connectivity index (χ2n) is 3.46. The predicted molar refractivity (Wildman–Crippen MR) is 74.7 cm³/mol. The molecule has 1 aliphatic heterocycles. The molecule has 0 aliphatic carbocycles. The number of rotatable bonds is 3. The number of nitrogen functional groups attached to an aromatic ring is 1. The molecule has 0 unspecified atom stereocenters. The van der Waals surface area contributed by atoms with E-state index in [9.17, 15) is 0 Å². The number of thiol groups is 1. The highest BCUT2D eigenvalue weighted by Gasteiger charge is 2.20. The fourth-order valence-electron chi connectivity index (χ4n) is 1.40. The van der Waals surface area contributed by atoms with E-state index in [1.54, 1.807) is 18.2 Å². The van der Waals surface area contributed by atoms with Gasteiger partial charge in [0, 0.05) is 11.4 Å². The normalized spacial score (nSPS) is 18.6. The van der Waals surface area contributed by atoms with Crippen molar-refractivity contribution in [1.82, 2.24) is 0 Å². The van der Waals surface area contributed by atoms with Crippen LogP contribution in [-0.2, 0) is 5.75 Å². The van der Waals surface area contributed by atoms with Gasteiger partial charge in [-0.3, -0.25) is 0 Å². The zero-order chi connectivity index (χ0) is 11.6. The Balaban J connectivity index is 2.27. The predicted octanol–water partition coefficient (Wildman–Crippen LogP) is 2.41. The van der Waals surface area contributed by atoms with Crippen molar-refractivity contribution in [1.29, 1.82) is 0 Å². The van der Waals surface area contributed by atoms with Crippen LogP contribution < -0.4 is 10.5 Å². The van der Waals surface area contributed by atoms with E-state index in [2.05, 4.69) is 21.9 Å². The van der Waals surface area contributed by atoms with Crippen molar-refractivity contribution in [3.05, 3.63) is 23.8 Å². The summed E-state index contributed by atoms with van der Waals surface area (Å²) in [5.74, 6) is 1.53. The summed E-state index contributed by atoms with van der Waals surface area (Å²) in [6.07, 6.45) is 0. The first-order valence-electron chi connectivity index (χ1n) is 4.65. The summed E-state index contributed by atoms with van der Waals surface area (Å²) < 4.78 is 5.17. The van der Waals surface area contributed by atoms with Gasteiger partial charge in [0.15, 0.2) is 0 Å². The van der Waals surface area contributed by atoms with Gasteiger partial charge in [-0.1, -0.05) is 0 Å². The van der Waals surface area contributed by atoms with Gasteiger partial charge in [0.1, 0.15) is 5.75 Å². The first-order valence-corrected chi connectivity index (χ1v) is 7.63. The minimum atomic E-state index is -1.33. The first kappa shape index (κ1) is 11.3. The maximum atomic E-state index is 5.92. The molecule has 0 amide bonds. The average Bonchev–Trinajstić information content (AvgIpc) is 2.68. The van der Waals surface area contributed by atoms with Gasteiger partial charge in [0.2, 0.25) is 0 Å². The van der Waals surface area contributed by atoms with Gasteiger partial charge >= 0.3 is 0 Å². The van der Waals surface area contributed by atoms with Crippen molar-refractivity contribution in [3.63, 3.8) is 0 Å². The second-order valence-corrected chi connectivity index (χ2v) is 7.83. The number of ether oxygens (including phenoxy) is 1. The zero-order valence-electron chi connectivity index (χ0n) is 8.83. The third-order valence-electron chi connectivity index (χ3n) is 2.26. The molecule has 0 atom stereocenters. The number of methoxy groups -OCH3 is 1. The molecule has 86 valence electrons. The minimum absolute atomic E-state index is 0.728. The maximum Gasteiger partial charge on any atom is 0.119 e. The van der Waals surface area contributed by atoms with Crippen LogP contribution in [0.1, 0.15) is 5.56 Å². The summed E-state index contributed by atoms with van der Waals surface area (Å²) in [5, 5.41) is 7.68. The van der Waals surface area contributed by atoms with E-state index in [-0.39, 0.29) is 0 Å². The van der Waals surface area contributed by atoms with Crippen molar-refractivity contribution in [2.24, 2.45) is 10.2 Å². The highest BCUT2D eigenvalue weighted by atomic mass is 33.1. The summed E-state index contributed by atoms with van der Waals surface area (Å²) in [4.78, 5) is 0. The molecule has 0 bridgehead atoms. The Morgan fingerprint density at radius 1 is 1.38 bits per heavy atom. The molecular weight excluding hydrogens is 242 g/mol. The molecule has 0 fully saturated rings. The number of benzene rings is 1. The van der Waals surface area contributed by atoms with E-state index < -0.39 is 9.06 Å². The number of nitrogens with zero attached hydrogens (tertiary/aromatic N) is 2. The Hall–Kier alpha value is -1.14. The smallest absolute Gasteiger partial charge is 0.119 e. The van der Waals surface area contributed by atoms with Gasteiger partial charge in [-0.25, -0.2) is 0 Å². The molecule has 16 heavy (non-hydrogen) atoms. The summed E-state index contributed by atoms with van der Waals surface area (Å²) in [6.45, 7) is 0. The number of anilines is 1. The Kier molecular flexibility index (Phi) is 3.11. The van der Waals surface area contributed by atoms with Crippen LogP contribution in [0, 0.1) is 0 Å². The van der Waals surface area contributed by atoms with Gasteiger partial charge in [0.05, 0.1) is 18.2 Å². The molecule has 2 rings (SSSR count). The van der Waals surface area contributed by atoms with Crippen LogP contribution in [0.15, 0.2) is 28.4 Å². The number of hydrogen-bond acceptors (Lipinski definition) is 5. The Morgan fingerprint density at radius 2 is 2.06 bits per heavy atom. The molecule has 1 heterocycles. The monoisotopic (exact) mass is 255 g/mol. The Bertz CT molecular complexity index is 447. The van der Waals surface area contributed by atoms with E-state index in [0.717, 1.165) is 22.8 Å². The molecule has 2 N–H and O–H groups in total. The summed E-state index contributed by atoms with van der Waals surface area (Å²) >= 11 is 4.59.